The Morgan fingerprint density at radius 1 is 1.39 bits per heavy atom. The normalized spacial score (nSPS) is 24.9. The van der Waals surface area contributed by atoms with Crippen LogP contribution in [0.2, 0.25) is 0 Å². The smallest absolute Gasteiger partial charge is 0.101 e. The van der Waals surface area contributed by atoms with Gasteiger partial charge in [-0.2, -0.15) is 5.26 Å². The van der Waals surface area contributed by atoms with E-state index in [4.69, 9.17) is 5.73 Å². The molecule has 1 aromatic rings. The molecule has 0 aliphatic carbocycles. The molecule has 2 unspecified atom stereocenters. The van der Waals surface area contributed by atoms with Crippen molar-refractivity contribution in [3.63, 3.8) is 0 Å². The predicted octanol–water partition coefficient (Wildman–Crippen LogP) is 1.03. The fraction of sp³-hybridized carbons (Fsp3) is 0.500. The lowest BCUT2D eigenvalue weighted by molar-refractivity contribution is 0.162. The predicted molar refractivity (Wildman–Crippen MR) is 73.4 cm³/mol. The van der Waals surface area contributed by atoms with Crippen molar-refractivity contribution in [1.82, 2.24) is 4.90 Å². The molecule has 1 aliphatic rings. The summed E-state index contributed by atoms with van der Waals surface area (Å²) in [6.45, 7) is 4.66. The molecule has 96 valence electrons. The zero-order chi connectivity index (χ0) is 13.1. The maximum Gasteiger partial charge on any atom is 0.101 e. The molecule has 0 spiro atoms. The Balaban J connectivity index is 2.26. The molecule has 0 aromatic heterocycles. The van der Waals surface area contributed by atoms with E-state index < -0.39 is 0 Å². The van der Waals surface area contributed by atoms with Crippen molar-refractivity contribution >= 4 is 5.69 Å². The molecule has 1 fully saturated rings. The Labute approximate surface area is 109 Å². The first kappa shape index (κ1) is 12.9. The number of para-hydroxylation sites is 1. The van der Waals surface area contributed by atoms with Crippen LogP contribution in [0.25, 0.3) is 0 Å². The van der Waals surface area contributed by atoms with Crippen LogP contribution in [-0.4, -0.2) is 43.7 Å². The third-order valence-electron chi connectivity index (χ3n) is 3.82. The number of anilines is 1. The van der Waals surface area contributed by atoms with E-state index in [1.165, 1.54) is 0 Å². The number of nitrogens with zero attached hydrogens (tertiary/aromatic N) is 3. The Kier molecular flexibility index (Phi) is 3.85. The van der Waals surface area contributed by atoms with Crippen LogP contribution in [0.15, 0.2) is 24.3 Å². The molecule has 18 heavy (non-hydrogen) atoms. The van der Waals surface area contributed by atoms with Crippen LogP contribution in [0, 0.1) is 11.3 Å². The van der Waals surface area contributed by atoms with Gasteiger partial charge in [0.05, 0.1) is 11.3 Å². The van der Waals surface area contributed by atoms with Gasteiger partial charge in [0.1, 0.15) is 6.07 Å². The highest BCUT2D eigenvalue weighted by Gasteiger charge is 2.29. The van der Waals surface area contributed by atoms with Crippen molar-refractivity contribution < 1.29 is 0 Å². The Morgan fingerprint density at radius 2 is 2.11 bits per heavy atom. The molecule has 4 heteroatoms. The van der Waals surface area contributed by atoms with Gasteiger partial charge in [0, 0.05) is 31.7 Å². The van der Waals surface area contributed by atoms with Crippen molar-refractivity contribution in [2.45, 2.75) is 19.0 Å². The van der Waals surface area contributed by atoms with Gasteiger partial charge in [-0.3, -0.25) is 4.90 Å². The van der Waals surface area contributed by atoms with Crippen molar-refractivity contribution in [2.24, 2.45) is 5.73 Å². The van der Waals surface area contributed by atoms with Gasteiger partial charge in [0.25, 0.3) is 0 Å². The molecule has 0 saturated carbocycles. The summed E-state index contributed by atoms with van der Waals surface area (Å²) < 4.78 is 0. The van der Waals surface area contributed by atoms with Gasteiger partial charge in [-0.15, -0.1) is 0 Å². The van der Waals surface area contributed by atoms with Gasteiger partial charge >= 0.3 is 0 Å². The summed E-state index contributed by atoms with van der Waals surface area (Å²) in [5, 5.41) is 9.18. The molecule has 1 aromatic carbocycles. The summed E-state index contributed by atoms with van der Waals surface area (Å²) >= 11 is 0. The Hall–Kier alpha value is -1.57. The second kappa shape index (κ2) is 5.38. The number of rotatable bonds is 2. The fourth-order valence-electron chi connectivity index (χ4n) is 2.55. The van der Waals surface area contributed by atoms with E-state index in [0.717, 1.165) is 24.3 Å². The number of nitrogens with two attached hydrogens (primary N) is 1. The quantitative estimate of drug-likeness (QED) is 0.844. The van der Waals surface area contributed by atoms with E-state index in [1.807, 2.05) is 24.3 Å². The third kappa shape index (κ3) is 2.33. The lowest BCUT2D eigenvalue weighted by atomic mass is 10.1. The van der Waals surface area contributed by atoms with Crippen molar-refractivity contribution in [3.8, 4) is 6.07 Å². The largest absolute Gasteiger partial charge is 0.367 e. The summed E-state index contributed by atoms with van der Waals surface area (Å²) in [6, 6.07) is 10.8. The second-order valence-electron chi connectivity index (χ2n) is 4.94. The van der Waals surface area contributed by atoms with E-state index in [9.17, 15) is 5.26 Å². The minimum Gasteiger partial charge on any atom is -0.367 e. The highest BCUT2D eigenvalue weighted by Crippen LogP contribution is 2.24. The average molecular weight is 244 g/mol. The van der Waals surface area contributed by atoms with Crippen LogP contribution in [0.1, 0.15) is 12.5 Å². The number of likely N-dealkylation sites (N-methyl/N-ethyl adjacent to an activating group) is 1. The molecule has 0 amide bonds. The molecular formula is C14H20N4. The standard InChI is InChI=1S/C14H20N4/c1-11-9-18(10-13(8-16)17(11)2)14-6-4-3-5-12(14)7-15/h3-6,11,13H,8-10,16H2,1-2H3. The fourth-order valence-corrected chi connectivity index (χ4v) is 2.55. The van der Waals surface area contributed by atoms with Crippen LogP contribution in [0.3, 0.4) is 0 Å². The number of nitriles is 1. The summed E-state index contributed by atoms with van der Waals surface area (Å²) in [6.07, 6.45) is 0. The summed E-state index contributed by atoms with van der Waals surface area (Å²) in [5.74, 6) is 0. The molecule has 2 atom stereocenters. The van der Waals surface area contributed by atoms with Crippen molar-refractivity contribution in [3.05, 3.63) is 29.8 Å². The highest BCUT2D eigenvalue weighted by atomic mass is 15.3. The summed E-state index contributed by atoms with van der Waals surface area (Å²) in [4.78, 5) is 4.60. The maximum atomic E-state index is 9.18. The lowest BCUT2D eigenvalue weighted by Crippen LogP contribution is -2.58. The molecule has 2 N–H and O–H groups in total. The summed E-state index contributed by atoms with van der Waals surface area (Å²) in [5.41, 5.74) is 7.60. The van der Waals surface area contributed by atoms with Crippen LogP contribution < -0.4 is 10.6 Å². The van der Waals surface area contributed by atoms with E-state index in [-0.39, 0.29) is 0 Å². The average Bonchev–Trinajstić information content (AvgIpc) is 2.41. The van der Waals surface area contributed by atoms with Crippen LogP contribution in [0.4, 0.5) is 5.69 Å². The van der Waals surface area contributed by atoms with Gasteiger partial charge in [0.2, 0.25) is 0 Å². The minimum atomic E-state index is 0.348. The second-order valence-corrected chi connectivity index (χ2v) is 4.94. The minimum absolute atomic E-state index is 0.348. The van der Waals surface area contributed by atoms with Gasteiger partial charge in [-0.25, -0.2) is 0 Å². The first-order chi connectivity index (χ1) is 8.67. The van der Waals surface area contributed by atoms with Gasteiger partial charge in [-0.1, -0.05) is 12.1 Å². The number of piperazine rings is 1. The topological polar surface area (TPSA) is 56.3 Å². The molecule has 1 heterocycles. The van der Waals surface area contributed by atoms with Gasteiger partial charge in [0.15, 0.2) is 0 Å². The van der Waals surface area contributed by atoms with E-state index in [0.29, 0.717) is 18.6 Å². The number of benzene rings is 1. The van der Waals surface area contributed by atoms with Crippen LogP contribution in [0.5, 0.6) is 0 Å². The first-order valence-electron chi connectivity index (χ1n) is 6.33. The third-order valence-corrected chi connectivity index (χ3v) is 3.82. The SMILES string of the molecule is CC1CN(c2ccccc2C#N)CC(CN)N1C. The zero-order valence-electron chi connectivity index (χ0n) is 11.0. The highest BCUT2D eigenvalue weighted by molar-refractivity contribution is 5.59. The monoisotopic (exact) mass is 244 g/mol. The van der Waals surface area contributed by atoms with Gasteiger partial charge < -0.3 is 10.6 Å². The molecule has 4 nitrogen and oxygen atoms in total. The zero-order valence-corrected chi connectivity index (χ0v) is 11.0. The molecule has 0 bridgehead atoms. The molecule has 1 aliphatic heterocycles. The van der Waals surface area contributed by atoms with E-state index in [1.54, 1.807) is 0 Å². The van der Waals surface area contributed by atoms with Gasteiger partial charge in [-0.05, 0) is 26.1 Å². The molecular weight excluding hydrogens is 224 g/mol. The van der Waals surface area contributed by atoms with Crippen LogP contribution in [-0.2, 0) is 0 Å². The molecule has 0 radical (unpaired) electrons. The van der Waals surface area contributed by atoms with E-state index in [2.05, 4.69) is 29.8 Å². The lowest BCUT2D eigenvalue weighted by Gasteiger charge is -2.44. The van der Waals surface area contributed by atoms with Crippen LogP contribution >= 0.6 is 0 Å². The summed E-state index contributed by atoms with van der Waals surface area (Å²) in [7, 11) is 2.12. The van der Waals surface area contributed by atoms with Crippen molar-refractivity contribution in [2.75, 3.05) is 31.6 Å². The Morgan fingerprint density at radius 3 is 2.78 bits per heavy atom. The number of hydrogen-bond donors (Lipinski definition) is 1. The number of hydrogen-bond acceptors (Lipinski definition) is 4. The molecule has 1 saturated heterocycles. The maximum absolute atomic E-state index is 9.18. The Bertz CT molecular complexity index is 451. The first-order valence-corrected chi connectivity index (χ1v) is 6.33. The molecule has 2 rings (SSSR count). The van der Waals surface area contributed by atoms with E-state index >= 15 is 0 Å². The van der Waals surface area contributed by atoms with Crippen molar-refractivity contribution in [1.29, 1.82) is 5.26 Å².